The highest BCUT2D eigenvalue weighted by atomic mass is 16.6. The van der Waals surface area contributed by atoms with Crippen LogP contribution in [0.2, 0.25) is 0 Å². The van der Waals surface area contributed by atoms with Crippen LogP contribution in [0.25, 0.3) is 0 Å². The summed E-state index contributed by atoms with van der Waals surface area (Å²) in [6.45, 7) is 10.9. The van der Waals surface area contributed by atoms with E-state index in [2.05, 4.69) is 21.6 Å². The molecule has 24 heavy (non-hydrogen) atoms. The van der Waals surface area contributed by atoms with Gasteiger partial charge in [0.1, 0.15) is 0 Å². The number of likely N-dealkylation sites (tertiary alicyclic amines) is 1. The molecule has 0 unspecified atom stereocenters. The minimum Gasteiger partial charge on any atom is -0.301 e. The van der Waals surface area contributed by atoms with Crippen LogP contribution in [0.3, 0.4) is 0 Å². The summed E-state index contributed by atoms with van der Waals surface area (Å²) in [6.07, 6.45) is 2.35. The minimum atomic E-state index is -0.269. The van der Waals surface area contributed by atoms with Crippen molar-refractivity contribution in [3.63, 3.8) is 0 Å². The van der Waals surface area contributed by atoms with Crippen molar-refractivity contribution >= 4 is 5.69 Å². The molecule has 132 valence electrons. The highest BCUT2D eigenvalue weighted by Crippen LogP contribution is 2.23. The average molecular weight is 332 g/mol. The number of hydrogen-bond donors (Lipinski definition) is 0. The lowest BCUT2D eigenvalue weighted by molar-refractivity contribution is -0.385. The number of likely N-dealkylation sites (N-methyl/N-ethyl adjacent to an activating group) is 1. The van der Waals surface area contributed by atoms with Crippen molar-refractivity contribution in [1.82, 2.24) is 14.7 Å². The number of nitro benzene ring substituents is 1. The molecule has 1 aromatic rings. The second kappa shape index (κ2) is 8.05. The quantitative estimate of drug-likeness (QED) is 0.611. The van der Waals surface area contributed by atoms with Gasteiger partial charge in [0, 0.05) is 50.4 Å². The molecular weight excluding hydrogens is 304 g/mol. The molecule has 2 fully saturated rings. The number of para-hydroxylation sites is 1. The Morgan fingerprint density at radius 3 is 2.33 bits per heavy atom. The Labute approximate surface area is 144 Å². The van der Waals surface area contributed by atoms with Crippen molar-refractivity contribution in [1.29, 1.82) is 0 Å². The lowest BCUT2D eigenvalue weighted by Crippen LogP contribution is -2.53. The largest absolute Gasteiger partial charge is 0.301 e. The predicted molar refractivity (Wildman–Crippen MR) is 95.1 cm³/mol. The second-order valence-electron chi connectivity index (χ2n) is 6.86. The fourth-order valence-electron chi connectivity index (χ4n) is 3.95. The first-order chi connectivity index (χ1) is 11.7. The van der Waals surface area contributed by atoms with Gasteiger partial charge in [0.25, 0.3) is 5.69 Å². The number of benzene rings is 1. The summed E-state index contributed by atoms with van der Waals surface area (Å²) >= 11 is 0. The molecule has 0 amide bonds. The van der Waals surface area contributed by atoms with Crippen LogP contribution in [0.4, 0.5) is 5.69 Å². The van der Waals surface area contributed by atoms with Crippen LogP contribution in [-0.4, -0.2) is 71.5 Å². The van der Waals surface area contributed by atoms with Crippen molar-refractivity contribution in [2.45, 2.75) is 32.4 Å². The van der Waals surface area contributed by atoms with E-state index in [0.29, 0.717) is 12.6 Å². The van der Waals surface area contributed by atoms with Crippen LogP contribution < -0.4 is 0 Å². The molecule has 0 aliphatic carbocycles. The Kier molecular flexibility index (Phi) is 5.81. The van der Waals surface area contributed by atoms with E-state index in [4.69, 9.17) is 0 Å². The van der Waals surface area contributed by atoms with Gasteiger partial charge in [-0.25, -0.2) is 0 Å². The number of nitrogens with zero attached hydrogens (tertiary/aromatic N) is 4. The fraction of sp³-hybridized carbons (Fsp3) is 0.667. The standard InChI is InChI=1S/C18H28N4O2/c1-2-19-11-13-21(14-12-19)17-7-9-20(10-8-17)15-16-5-3-4-6-18(16)22(23)24/h3-6,17H,2,7-15H2,1H3. The molecule has 0 bridgehead atoms. The first-order valence-corrected chi connectivity index (χ1v) is 9.08. The first-order valence-electron chi connectivity index (χ1n) is 9.08. The average Bonchev–Trinajstić information content (AvgIpc) is 2.63. The molecule has 2 aliphatic rings. The highest BCUT2D eigenvalue weighted by Gasteiger charge is 2.27. The molecule has 0 spiro atoms. The van der Waals surface area contributed by atoms with E-state index in [9.17, 15) is 10.1 Å². The molecule has 0 atom stereocenters. The summed E-state index contributed by atoms with van der Waals surface area (Å²) in [7, 11) is 0. The summed E-state index contributed by atoms with van der Waals surface area (Å²) in [5.41, 5.74) is 1.08. The molecule has 0 saturated carbocycles. The molecular formula is C18H28N4O2. The molecule has 0 radical (unpaired) electrons. The van der Waals surface area contributed by atoms with Gasteiger partial charge in [-0.3, -0.25) is 19.9 Å². The maximum Gasteiger partial charge on any atom is 0.273 e. The topological polar surface area (TPSA) is 52.9 Å². The number of piperidine rings is 1. The van der Waals surface area contributed by atoms with Gasteiger partial charge in [-0.15, -0.1) is 0 Å². The molecule has 2 aliphatic heterocycles. The van der Waals surface area contributed by atoms with Gasteiger partial charge in [-0.05, 0) is 32.5 Å². The smallest absolute Gasteiger partial charge is 0.273 e. The summed E-state index contributed by atoms with van der Waals surface area (Å²) in [5.74, 6) is 0. The summed E-state index contributed by atoms with van der Waals surface area (Å²) in [5, 5.41) is 11.1. The van der Waals surface area contributed by atoms with Gasteiger partial charge in [-0.1, -0.05) is 25.1 Å². The second-order valence-corrected chi connectivity index (χ2v) is 6.86. The van der Waals surface area contributed by atoms with E-state index in [1.165, 1.54) is 39.0 Å². The molecule has 6 heteroatoms. The molecule has 1 aromatic carbocycles. The van der Waals surface area contributed by atoms with Gasteiger partial charge in [0.05, 0.1) is 4.92 Å². The summed E-state index contributed by atoms with van der Waals surface area (Å²) < 4.78 is 0. The zero-order valence-electron chi connectivity index (χ0n) is 14.6. The Morgan fingerprint density at radius 1 is 1.04 bits per heavy atom. The van der Waals surface area contributed by atoms with Crippen molar-refractivity contribution in [3.8, 4) is 0 Å². The lowest BCUT2D eigenvalue weighted by Gasteiger charge is -2.42. The van der Waals surface area contributed by atoms with Gasteiger partial charge in [0.15, 0.2) is 0 Å². The number of nitro groups is 1. The zero-order chi connectivity index (χ0) is 16.9. The van der Waals surface area contributed by atoms with E-state index in [-0.39, 0.29) is 10.6 Å². The lowest BCUT2D eigenvalue weighted by atomic mass is 10.0. The molecule has 0 N–H and O–H groups in total. The van der Waals surface area contributed by atoms with Gasteiger partial charge in [-0.2, -0.15) is 0 Å². The Bertz CT molecular complexity index is 550. The fourth-order valence-corrected chi connectivity index (χ4v) is 3.95. The Hall–Kier alpha value is -1.50. The monoisotopic (exact) mass is 332 g/mol. The highest BCUT2D eigenvalue weighted by molar-refractivity contribution is 5.39. The molecule has 2 heterocycles. The van der Waals surface area contributed by atoms with Gasteiger partial charge in [0.2, 0.25) is 0 Å². The SMILES string of the molecule is CCN1CCN(C2CCN(Cc3ccccc3[N+](=O)[O-])CC2)CC1. The van der Waals surface area contributed by atoms with Crippen molar-refractivity contribution < 1.29 is 4.92 Å². The maximum atomic E-state index is 11.1. The van der Waals surface area contributed by atoms with E-state index in [0.717, 1.165) is 25.2 Å². The van der Waals surface area contributed by atoms with Gasteiger partial charge < -0.3 is 4.90 Å². The van der Waals surface area contributed by atoms with E-state index in [1.807, 2.05) is 12.1 Å². The molecule has 2 saturated heterocycles. The normalized spacial score (nSPS) is 21.9. The Balaban J connectivity index is 1.50. The number of hydrogen-bond acceptors (Lipinski definition) is 5. The first kappa shape index (κ1) is 17.3. The third-order valence-electron chi connectivity index (χ3n) is 5.51. The summed E-state index contributed by atoms with van der Waals surface area (Å²) in [6, 6.07) is 7.81. The van der Waals surface area contributed by atoms with E-state index >= 15 is 0 Å². The van der Waals surface area contributed by atoms with Crippen molar-refractivity contribution in [2.24, 2.45) is 0 Å². The van der Waals surface area contributed by atoms with Crippen LogP contribution in [0.1, 0.15) is 25.3 Å². The van der Waals surface area contributed by atoms with Crippen molar-refractivity contribution in [2.75, 3.05) is 45.8 Å². The molecule has 6 nitrogen and oxygen atoms in total. The van der Waals surface area contributed by atoms with E-state index in [1.54, 1.807) is 12.1 Å². The van der Waals surface area contributed by atoms with Crippen LogP contribution in [-0.2, 0) is 6.54 Å². The number of piperazine rings is 1. The van der Waals surface area contributed by atoms with Crippen LogP contribution in [0.15, 0.2) is 24.3 Å². The third-order valence-corrected chi connectivity index (χ3v) is 5.51. The van der Waals surface area contributed by atoms with Crippen LogP contribution >= 0.6 is 0 Å². The predicted octanol–water partition coefficient (Wildman–Crippen LogP) is 2.20. The maximum absolute atomic E-state index is 11.1. The Morgan fingerprint density at radius 2 is 1.71 bits per heavy atom. The van der Waals surface area contributed by atoms with E-state index < -0.39 is 0 Å². The molecule has 3 rings (SSSR count). The third kappa shape index (κ3) is 4.12. The van der Waals surface area contributed by atoms with Crippen molar-refractivity contribution in [3.05, 3.63) is 39.9 Å². The summed E-state index contributed by atoms with van der Waals surface area (Å²) in [4.78, 5) is 18.4. The molecule has 0 aromatic heterocycles. The number of rotatable bonds is 5. The zero-order valence-corrected chi connectivity index (χ0v) is 14.6. The minimum absolute atomic E-state index is 0.246. The van der Waals surface area contributed by atoms with Crippen LogP contribution in [0.5, 0.6) is 0 Å². The van der Waals surface area contributed by atoms with Gasteiger partial charge >= 0.3 is 0 Å². The van der Waals surface area contributed by atoms with Crippen LogP contribution in [0, 0.1) is 10.1 Å².